The van der Waals surface area contributed by atoms with Gasteiger partial charge in [-0.15, -0.1) is 0 Å². The number of hydrogen-bond acceptors (Lipinski definition) is 4. The lowest BCUT2D eigenvalue weighted by molar-refractivity contribution is 0.578. The predicted molar refractivity (Wildman–Crippen MR) is 69.1 cm³/mol. The molecule has 1 aromatic carbocycles. The summed E-state index contributed by atoms with van der Waals surface area (Å²) in [6.45, 7) is 0.0616. The first-order valence-electron chi connectivity index (χ1n) is 5.42. The molecule has 2 rings (SSSR count). The van der Waals surface area contributed by atoms with Crippen LogP contribution in [-0.4, -0.2) is 13.4 Å². The largest absolute Gasteiger partial charge is 0.398 e. The van der Waals surface area contributed by atoms with Crippen LogP contribution in [0, 0.1) is 5.82 Å². The zero-order valence-corrected chi connectivity index (χ0v) is 10.7. The van der Waals surface area contributed by atoms with Gasteiger partial charge in [0.15, 0.2) is 0 Å². The van der Waals surface area contributed by atoms with Crippen LogP contribution in [0.2, 0.25) is 0 Å². The highest BCUT2D eigenvalue weighted by Gasteiger charge is 2.17. The van der Waals surface area contributed by atoms with Crippen LogP contribution < -0.4 is 10.5 Å². The van der Waals surface area contributed by atoms with E-state index in [1.165, 1.54) is 12.3 Å². The van der Waals surface area contributed by atoms with Crippen molar-refractivity contribution in [2.24, 2.45) is 0 Å². The SMILES string of the molecule is Nc1ccc(F)cc1S(=O)(=O)NCc1cccnc1. The van der Waals surface area contributed by atoms with Crippen LogP contribution in [0.1, 0.15) is 5.56 Å². The first-order chi connectivity index (χ1) is 8.99. The van der Waals surface area contributed by atoms with E-state index in [9.17, 15) is 12.8 Å². The summed E-state index contributed by atoms with van der Waals surface area (Å²) in [6.07, 6.45) is 3.13. The van der Waals surface area contributed by atoms with Crippen LogP contribution in [0.15, 0.2) is 47.6 Å². The summed E-state index contributed by atoms with van der Waals surface area (Å²) >= 11 is 0. The molecule has 7 heteroatoms. The third kappa shape index (κ3) is 3.27. The van der Waals surface area contributed by atoms with E-state index in [4.69, 9.17) is 5.73 Å². The summed E-state index contributed by atoms with van der Waals surface area (Å²) < 4.78 is 39.4. The summed E-state index contributed by atoms with van der Waals surface area (Å²) in [5, 5.41) is 0. The number of nitrogens with zero attached hydrogens (tertiary/aromatic N) is 1. The van der Waals surface area contributed by atoms with Crippen molar-refractivity contribution in [3.05, 3.63) is 54.1 Å². The number of benzene rings is 1. The van der Waals surface area contributed by atoms with E-state index in [0.29, 0.717) is 5.56 Å². The highest BCUT2D eigenvalue weighted by molar-refractivity contribution is 7.89. The molecule has 0 fully saturated rings. The molecule has 0 aliphatic rings. The summed E-state index contributed by atoms with van der Waals surface area (Å²) in [7, 11) is -3.85. The molecule has 1 aromatic heterocycles. The molecule has 0 aliphatic carbocycles. The summed E-state index contributed by atoms with van der Waals surface area (Å²) in [6, 6.07) is 6.63. The highest BCUT2D eigenvalue weighted by Crippen LogP contribution is 2.19. The van der Waals surface area contributed by atoms with E-state index in [-0.39, 0.29) is 17.1 Å². The van der Waals surface area contributed by atoms with Crippen molar-refractivity contribution in [1.82, 2.24) is 9.71 Å². The summed E-state index contributed by atoms with van der Waals surface area (Å²) in [4.78, 5) is 3.60. The van der Waals surface area contributed by atoms with Crippen LogP contribution >= 0.6 is 0 Å². The number of aromatic nitrogens is 1. The van der Waals surface area contributed by atoms with E-state index in [1.807, 2.05) is 0 Å². The normalized spacial score (nSPS) is 11.4. The molecule has 0 bridgehead atoms. The van der Waals surface area contributed by atoms with Crippen molar-refractivity contribution >= 4 is 15.7 Å². The minimum absolute atomic E-state index is 0.0000803. The number of nitrogens with one attached hydrogen (secondary N) is 1. The second-order valence-corrected chi connectivity index (χ2v) is 5.60. The molecule has 0 saturated carbocycles. The fourth-order valence-electron chi connectivity index (χ4n) is 1.50. The van der Waals surface area contributed by atoms with Crippen LogP contribution in [0.25, 0.3) is 0 Å². The molecule has 19 heavy (non-hydrogen) atoms. The average Bonchev–Trinajstić information content (AvgIpc) is 2.40. The Morgan fingerprint density at radius 2 is 2.11 bits per heavy atom. The molecule has 0 amide bonds. The number of pyridine rings is 1. The maximum absolute atomic E-state index is 13.1. The lowest BCUT2D eigenvalue weighted by Crippen LogP contribution is -2.24. The molecule has 0 radical (unpaired) electrons. The molecule has 1 heterocycles. The highest BCUT2D eigenvalue weighted by atomic mass is 32.2. The van der Waals surface area contributed by atoms with Gasteiger partial charge in [0, 0.05) is 18.9 Å². The number of sulfonamides is 1. The standard InChI is InChI=1S/C12H12FN3O2S/c13-10-3-4-11(14)12(6-10)19(17,18)16-8-9-2-1-5-15-7-9/h1-7,16H,8,14H2. The van der Waals surface area contributed by atoms with Crippen molar-refractivity contribution in [2.75, 3.05) is 5.73 Å². The average molecular weight is 281 g/mol. The van der Waals surface area contributed by atoms with Gasteiger partial charge in [-0.2, -0.15) is 0 Å². The van der Waals surface area contributed by atoms with E-state index in [2.05, 4.69) is 9.71 Å². The molecular weight excluding hydrogens is 269 g/mol. The molecule has 0 spiro atoms. The molecular formula is C12H12FN3O2S. The number of rotatable bonds is 4. The van der Waals surface area contributed by atoms with E-state index < -0.39 is 15.8 Å². The van der Waals surface area contributed by atoms with Gasteiger partial charge < -0.3 is 5.73 Å². The second kappa shape index (κ2) is 5.33. The number of anilines is 1. The lowest BCUT2D eigenvalue weighted by Gasteiger charge is -2.09. The van der Waals surface area contributed by atoms with Crippen LogP contribution in [-0.2, 0) is 16.6 Å². The van der Waals surface area contributed by atoms with Crippen LogP contribution in [0.3, 0.4) is 0 Å². The minimum atomic E-state index is -3.85. The number of nitrogen functional groups attached to an aromatic ring is 1. The van der Waals surface area contributed by atoms with E-state index in [1.54, 1.807) is 18.3 Å². The van der Waals surface area contributed by atoms with Gasteiger partial charge in [-0.25, -0.2) is 17.5 Å². The quantitative estimate of drug-likeness (QED) is 0.827. The van der Waals surface area contributed by atoms with Gasteiger partial charge in [-0.05, 0) is 29.8 Å². The van der Waals surface area contributed by atoms with Gasteiger partial charge in [0.05, 0.1) is 5.69 Å². The second-order valence-electron chi connectivity index (χ2n) is 3.87. The summed E-state index contributed by atoms with van der Waals surface area (Å²) in [5.41, 5.74) is 6.24. The Bertz CT molecular complexity index is 675. The Morgan fingerprint density at radius 1 is 1.32 bits per heavy atom. The molecule has 5 nitrogen and oxygen atoms in total. The van der Waals surface area contributed by atoms with Crippen molar-refractivity contribution in [3.8, 4) is 0 Å². The van der Waals surface area contributed by atoms with Crippen LogP contribution in [0.4, 0.5) is 10.1 Å². The van der Waals surface area contributed by atoms with Gasteiger partial charge in [0.2, 0.25) is 10.0 Å². The zero-order chi connectivity index (χ0) is 13.9. The molecule has 100 valence electrons. The van der Waals surface area contributed by atoms with Crippen molar-refractivity contribution in [3.63, 3.8) is 0 Å². The molecule has 0 unspecified atom stereocenters. The lowest BCUT2D eigenvalue weighted by atomic mass is 10.3. The monoisotopic (exact) mass is 281 g/mol. The molecule has 2 aromatic rings. The van der Waals surface area contributed by atoms with E-state index in [0.717, 1.165) is 12.1 Å². The fraction of sp³-hybridized carbons (Fsp3) is 0.0833. The maximum Gasteiger partial charge on any atom is 0.243 e. The first-order valence-corrected chi connectivity index (χ1v) is 6.91. The smallest absolute Gasteiger partial charge is 0.243 e. The Labute approximate surface area is 110 Å². The zero-order valence-electron chi connectivity index (χ0n) is 9.88. The maximum atomic E-state index is 13.1. The Hall–Kier alpha value is -1.99. The molecule has 0 atom stereocenters. The number of nitrogens with two attached hydrogens (primary N) is 1. The van der Waals surface area contributed by atoms with Crippen molar-refractivity contribution in [1.29, 1.82) is 0 Å². The van der Waals surface area contributed by atoms with E-state index >= 15 is 0 Å². The number of hydrogen-bond donors (Lipinski definition) is 2. The van der Waals surface area contributed by atoms with Gasteiger partial charge in [-0.3, -0.25) is 4.98 Å². The fourth-order valence-corrected chi connectivity index (χ4v) is 2.66. The summed E-state index contributed by atoms with van der Waals surface area (Å²) in [5.74, 6) is -0.657. The third-order valence-electron chi connectivity index (χ3n) is 2.45. The van der Waals surface area contributed by atoms with Gasteiger partial charge in [0.1, 0.15) is 10.7 Å². The molecule has 3 N–H and O–H groups in total. The minimum Gasteiger partial charge on any atom is -0.398 e. The topological polar surface area (TPSA) is 85.1 Å². The van der Waals surface area contributed by atoms with Crippen molar-refractivity contribution < 1.29 is 12.8 Å². The Balaban J connectivity index is 2.21. The van der Waals surface area contributed by atoms with Gasteiger partial charge in [0.25, 0.3) is 0 Å². The molecule has 0 saturated heterocycles. The first kappa shape index (κ1) is 13.4. The van der Waals surface area contributed by atoms with Gasteiger partial charge >= 0.3 is 0 Å². The third-order valence-corrected chi connectivity index (χ3v) is 3.91. The molecule has 0 aliphatic heterocycles. The van der Waals surface area contributed by atoms with Crippen molar-refractivity contribution in [2.45, 2.75) is 11.4 Å². The van der Waals surface area contributed by atoms with Gasteiger partial charge in [-0.1, -0.05) is 6.07 Å². The number of halogens is 1. The van der Waals surface area contributed by atoms with Crippen LogP contribution in [0.5, 0.6) is 0 Å². The Kier molecular flexibility index (Phi) is 3.77. The predicted octanol–water partition coefficient (Wildman–Crippen LogP) is 1.28. The Morgan fingerprint density at radius 3 is 2.79 bits per heavy atom.